The van der Waals surface area contributed by atoms with E-state index >= 15 is 0 Å². The van der Waals surface area contributed by atoms with E-state index in [9.17, 15) is 5.11 Å². The molecule has 0 aromatic heterocycles. The zero-order valence-electron chi connectivity index (χ0n) is 14.9. The number of guanidine groups is 1. The molecule has 1 heterocycles. The van der Waals surface area contributed by atoms with Crippen LogP contribution in [0.15, 0.2) is 23.2 Å². The summed E-state index contributed by atoms with van der Waals surface area (Å²) in [5.41, 5.74) is 0.459. The quantitative estimate of drug-likeness (QED) is 0.501. The van der Waals surface area contributed by atoms with Crippen LogP contribution in [0.25, 0.3) is 0 Å². The van der Waals surface area contributed by atoms with Crippen LogP contribution in [0.5, 0.6) is 11.5 Å². The lowest BCUT2D eigenvalue weighted by atomic mass is 9.98. The summed E-state index contributed by atoms with van der Waals surface area (Å²) in [7, 11) is 0. The Morgan fingerprint density at radius 1 is 1.17 bits per heavy atom. The average molecular weight is 335 g/mol. The van der Waals surface area contributed by atoms with Gasteiger partial charge in [0.2, 0.25) is 6.79 Å². The minimum Gasteiger partial charge on any atom is -0.454 e. The van der Waals surface area contributed by atoms with Crippen LogP contribution < -0.4 is 20.1 Å². The average Bonchev–Trinajstić information content (AvgIpc) is 3.07. The number of hydrogen-bond donors (Lipinski definition) is 3. The molecule has 134 valence electrons. The lowest BCUT2D eigenvalue weighted by molar-refractivity contribution is 0.0418. The Bertz CT molecular complexity index is 556. The third-order valence-electron chi connectivity index (χ3n) is 4.34. The second-order valence-electron chi connectivity index (χ2n) is 5.99. The predicted molar refractivity (Wildman–Crippen MR) is 95.8 cm³/mol. The first-order valence-corrected chi connectivity index (χ1v) is 8.73. The lowest BCUT2D eigenvalue weighted by Gasteiger charge is -2.23. The van der Waals surface area contributed by atoms with E-state index in [2.05, 4.69) is 15.6 Å². The molecule has 1 aromatic carbocycles. The van der Waals surface area contributed by atoms with E-state index < -0.39 is 5.60 Å². The second-order valence-corrected chi connectivity index (χ2v) is 5.99. The molecule has 0 radical (unpaired) electrons. The van der Waals surface area contributed by atoms with E-state index in [1.165, 1.54) is 5.56 Å². The maximum absolute atomic E-state index is 10.4. The van der Waals surface area contributed by atoms with Crippen LogP contribution >= 0.6 is 0 Å². The summed E-state index contributed by atoms with van der Waals surface area (Å²) in [6, 6.07) is 6.01. The SMILES string of the molecule is CCNC(=NCC(O)(CC)CC)NCCc1ccc2c(c1)OCO2. The van der Waals surface area contributed by atoms with Crippen molar-refractivity contribution < 1.29 is 14.6 Å². The summed E-state index contributed by atoms with van der Waals surface area (Å²) in [6.07, 6.45) is 2.25. The fourth-order valence-electron chi connectivity index (χ4n) is 2.46. The standard InChI is InChI=1S/C18H29N3O3/c1-4-18(22,5-2)12-21-17(19-6-3)20-10-9-14-7-8-15-16(11-14)24-13-23-15/h7-8,11,22H,4-6,9-10,12-13H2,1-3H3,(H2,19,20,21). The molecule has 1 aliphatic heterocycles. The van der Waals surface area contributed by atoms with Gasteiger partial charge in [0.15, 0.2) is 17.5 Å². The summed E-state index contributed by atoms with van der Waals surface area (Å²) in [4.78, 5) is 4.52. The molecule has 0 bridgehead atoms. The number of benzene rings is 1. The third kappa shape index (κ3) is 5.03. The zero-order valence-corrected chi connectivity index (χ0v) is 14.9. The lowest BCUT2D eigenvalue weighted by Crippen LogP contribution is -2.40. The van der Waals surface area contributed by atoms with Crippen LogP contribution in [0.4, 0.5) is 0 Å². The molecule has 1 aromatic rings. The van der Waals surface area contributed by atoms with Gasteiger partial charge in [0.25, 0.3) is 0 Å². The van der Waals surface area contributed by atoms with Gasteiger partial charge in [-0.15, -0.1) is 0 Å². The van der Waals surface area contributed by atoms with Crippen LogP contribution in [0, 0.1) is 0 Å². The summed E-state index contributed by atoms with van der Waals surface area (Å²) >= 11 is 0. The van der Waals surface area contributed by atoms with Crippen molar-refractivity contribution >= 4 is 5.96 Å². The van der Waals surface area contributed by atoms with Gasteiger partial charge in [-0.05, 0) is 43.9 Å². The normalized spacial score (nSPS) is 13.9. The zero-order chi connectivity index (χ0) is 17.4. The highest BCUT2D eigenvalue weighted by molar-refractivity contribution is 5.79. The van der Waals surface area contributed by atoms with E-state index in [1.807, 2.05) is 39.0 Å². The van der Waals surface area contributed by atoms with Crippen molar-refractivity contribution in [3.05, 3.63) is 23.8 Å². The Morgan fingerprint density at radius 3 is 2.62 bits per heavy atom. The molecule has 0 saturated heterocycles. The van der Waals surface area contributed by atoms with Crippen LogP contribution in [0.3, 0.4) is 0 Å². The Labute approximate surface area is 144 Å². The van der Waals surface area contributed by atoms with Crippen LogP contribution in [-0.4, -0.2) is 43.1 Å². The van der Waals surface area contributed by atoms with Crippen molar-refractivity contribution in [1.29, 1.82) is 0 Å². The molecule has 0 amide bonds. The first-order chi connectivity index (χ1) is 11.6. The van der Waals surface area contributed by atoms with Crippen LogP contribution in [0.1, 0.15) is 39.2 Å². The van der Waals surface area contributed by atoms with Crippen LogP contribution in [-0.2, 0) is 6.42 Å². The molecule has 0 atom stereocenters. The summed E-state index contributed by atoms with van der Waals surface area (Å²) in [5, 5.41) is 16.9. The van der Waals surface area contributed by atoms with Crippen molar-refractivity contribution in [3.8, 4) is 11.5 Å². The Hall–Kier alpha value is -1.95. The molecule has 0 fully saturated rings. The largest absolute Gasteiger partial charge is 0.454 e. The van der Waals surface area contributed by atoms with Gasteiger partial charge in [0.1, 0.15) is 0 Å². The number of ether oxygens (including phenoxy) is 2. The van der Waals surface area contributed by atoms with Gasteiger partial charge < -0.3 is 25.2 Å². The maximum atomic E-state index is 10.4. The van der Waals surface area contributed by atoms with Gasteiger partial charge in [-0.2, -0.15) is 0 Å². The fourth-order valence-corrected chi connectivity index (χ4v) is 2.46. The molecule has 3 N–H and O–H groups in total. The van der Waals surface area contributed by atoms with E-state index in [-0.39, 0.29) is 0 Å². The number of fused-ring (bicyclic) bond motifs is 1. The molecular weight excluding hydrogens is 306 g/mol. The molecule has 2 rings (SSSR count). The van der Waals surface area contributed by atoms with Gasteiger partial charge in [-0.1, -0.05) is 19.9 Å². The molecular formula is C18H29N3O3. The first kappa shape index (κ1) is 18.4. The highest BCUT2D eigenvalue weighted by Gasteiger charge is 2.21. The van der Waals surface area contributed by atoms with E-state index in [0.29, 0.717) is 26.2 Å². The van der Waals surface area contributed by atoms with E-state index in [4.69, 9.17) is 9.47 Å². The van der Waals surface area contributed by atoms with Crippen molar-refractivity contribution in [2.24, 2.45) is 4.99 Å². The number of aliphatic imine (C=N–C) groups is 1. The number of nitrogens with one attached hydrogen (secondary N) is 2. The minimum atomic E-state index is -0.723. The topological polar surface area (TPSA) is 75.1 Å². The van der Waals surface area contributed by atoms with Gasteiger partial charge in [0, 0.05) is 13.1 Å². The van der Waals surface area contributed by atoms with E-state index in [1.54, 1.807) is 0 Å². The van der Waals surface area contributed by atoms with Gasteiger partial charge >= 0.3 is 0 Å². The minimum absolute atomic E-state index is 0.298. The summed E-state index contributed by atoms with van der Waals surface area (Å²) in [5.74, 6) is 2.35. The molecule has 0 aliphatic carbocycles. The van der Waals surface area contributed by atoms with Crippen LogP contribution in [0.2, 0.25) is 0 Å². The molecule has 6 heteroatoms. The molecule has 0 unspecified atom stereocenters. The Morgan fingerprint density at radius 2 is 1.92 bits per heavy atom. The Balaban J connectivity index is 1.87. The Kier molecular flexibility index (Phi) is 6.73. The first-order valence-electron chi connectivity index (χ1n) is 8.73. The summed E-state index contributed by atoms with van der Waals surface area (Å²) < 4.78 is 10.7. The molecule has 0 spiro atoms. The maximum Gasteiger partial charge on any atom is 0.231 e. The predicted octanol–water partition coefficient (Wildman–Crippen LogP) is 2.06. The monoisotopic (exact) mass is 335 g/mol. The van der Waals surface area contributed by atoms with Gasteiger partial charge in [-0.3, -0.25) is 4.99 Å². The van der Waals surface area contributed by atoms with Crippen molar-refractivity contribution in [3.63, 3.8) is 0 Å². The van der Waals surface area contributed by atoms with E-state index in [0.717, 1.165) is 37.0 Å². The van der Waals surface area contributed by atoms with Gasteiger partial charge in [0.05, 0.1) is 12.1 Å². The van der Waals surface area contributed by atoms with Crippen molar-refractivity contribution in [1.82, 2.24) is 10.6 Å². The molecule has 1 aliphatic rings. The van der Waals surface area contributed by atoms with Crippen molar-refractivity contribution in [2.75, 3.05) is 26.4 Å². The molecule has 0 saturated carbocycles. The third-order valence-corrected chi connectivity index (χ3v) is 4.34. The molecule has 6 nitrogen and oxygen atoms in total. The number of aliphatic hydroxyl groups is 1. The van der Waals surface area contributed by atoms with Gasteiger partial charge in [-0.25, -0.2) is 0 Å². The molecule has 24 heavy (non-hydrogen) atoms. The highest BCUT2D eigenvalue weighted by atomic mass is 16.7. The number of nitrogens with zero attached hydrogens (tertiary/aromatic N) is 1. The highest BCUT2D eigenvalue weighted by Crippen LogP contribution is 2.32. The summed E-state index contributed by atoms with van der Waals surface area (Å²) in [6.45, 7) is 8.24. The smallest absolute Gasteiger partial charge is 0.231 e. The number of rotatable bonds is 8. The fraction of sp³-hybridized carbons (Fsp3) is 0.611. The number of hydrogen-bond acceptors (Lipinski definition) is 4. The second kappa shape index (κ2) is 8.78. The van der Waals surface area contributed by atoms with Crippen molar-refractivity contribution in [2.45, 2.75) is 45.6 Å².